The van der Waals surface area contributed by atoms with E-state index in [4.69, 9.17) is 4.74 Å². The molecule has 160 valence electrons. The van der Waals surface area contributed by atoms with Crippen molar-refractivity contribution in [1.82, 2.24) is 0 Å². The summed E-state index contributed by atoms with van der Waals surface area (Å²) in [5.41, 5.74) is 2.25. The molecule has 0 unspecified atom stereocenters. The summed E-state index contributed by atoms with van der Waals surface area (Å²) in [5, 5.41) is 3.25. The lowest BCUT2D eigenvalue weighted by Crippen LogP contribution is -2.24. The second kappa shape index (κ2) is 9.92. The van der Waals surface area contributed by atoms with Crippen LogP contribution in [-0.2, 0) is 4.74 Å². The Morgan fingerprint density at radius 2 is 1.80 bits per heavy atom. The highest BCUT2D eigenvalue weighted by molar-refractivity contribution is 5.97. The van der Waals surface area contributed by atoms with Crippen molar-refractivity contribution >= 4 is 23.4 Å². The van der Waals surface area contributed by atoms with Crippen molar-refractivity contribution in [2.75, 3.05) is 5.32 Å². The average molecular weight is 410 g/mol. The van der Waals surface area contributed by atoms with Gasteiger partial charge in [-0.25, -0.2) is 9.18 Å². The van der Waals surface area contributed by atoms with Crippen LogP contribution in [0.5, 0.6) is 0 Å². The zero-order chi connectivity index (χ0) is 21.6. The summed E-state index contributed by atoms with van der Waals surface area (Å²) in [7, 11) is 0. The van der Waals surface area contributed by atoms with Gasteiger partial charge >= 0.3 is 5.97 Å². The fourth-order valence-electron chi connectivity index (χ4n) is 3.79. The highest BCUT2D eigenvalue weighted by atomic mass is 19.1. The largest absolute Gasteiger partial charge is 0.456 e. The number of carbonyl (C=O) groups excluding carboxylic acids is 1. The van der Waals surface area contributed by atoms with Crippen molar-refractivity contribution in [3.05, 3.63) is 65.5 Å². The molecule has 30 heavy (non-hydrogen) atoms. The van der Waals surface area contributed by atoms with Crippen molar-refractivity contribution in [2.24, 2.45) is 5.92 Å². The Bertz CT molecular complexity index is 875. The average Bonchev–Trinajstić information content (AvgIpc) is 2.69. The van der Waals surface area contributed by atoms with E-state index in [2.05, 4.69) is 17.5 Å². The van der Waals surface area contributed by atoms with Crippen LogP contribution >= 0.6 is 0 Å². The predicted octanol–water partition coefficient (Wildman–Crippen LogP) is 7.51. The standard InChI is InChI=1S/C26H32FNO2/c1-26(2,3)30-25(29)23-17-12-20(11-7-10-19-8-5-4-6-9-19)18-24(23)28-22-15-13-21(27)14-16-22/h7,11-19,28H,4-6,8-10H2,1-3H3. The minimum Gasteiger partial charge on any atom is -0.456 e. The van der Waals surface area contributed by atoms with Gasteiger partial charge in [0.15, 0.2) is 0 Å². The van der Waals surface area contributed by atoms with Crippen molar-refractivity contribution in [3.63, 3.8) is 0 Å². The Hall–Kier alpha value is -2.62. The topological polar surface area (TPSA) is 38.3 Å². The summed E-state index contributed by atoms with van der Waals surface area (Å²) < 4.78 is 18.8. The Morgan fingerprint density at radius 1 is 1.10 bits per heavy atom. The molecule has 1 fully saturated rings. The number of carbonyl (C=O) groups is 1. The molecule has 0 saturated heterocycles. The van der Waals surface area contributed by atoms with Crippen LogP contribution in [0.3, 0.4) is 0 Å². The summed E-state index contributed by atoms with van der Waals surface area (Å²) in [6.07, 6.45) is 12.1. The molecule has 0 atom stereocenters. The molecule has 0 heterocycles. The van der Waals surface area contributed by atoms with Gasteiger partial charge in [0, 0.05) is 5.69 Å². The number of esters is 1. The smallest absolute Gasteiger partial charge is 0.340 e. The molecule has 1 aliphatic rings. The highest BCUT2D eigenvalue weighted by Gasteiger charge is 2.21. The first-order valence-electron chi connectivity index (χ1n) is 10.9. The number of rotatable bonds is 6. The number of halogens is 1. The third kappa shape index (κ3) is 6.72. The first-order valence-corrected chi connectivity index (χ1v) is 10.9. The third-order valence-corrected chi connectivity index (χ3v) is 5.29. The zero-order valence-electron chi connectivity index (χ0n) is 18.2. The van der Waals surface area contributed by atoms with E-state index in [-0.39, 0.29) is 11.8 Å². The van der Waals surface area contributed by atoms with Gasteiger partial charge in [0.05, 0.1) is 11.3 Å². The van der Waals surface area contributed by atoms with Gasteiger partial charge in [-0.15, -0.1) is 0 Å². The monoisotopic (exact) mass is 409 g/mol. The van der Waals surface area contributed by atoms with E-state index >= 15 is 0 Å². The fourth-order valence-corrected chi connectivity index (χ4v) is 3.79. The number of hydrogen-bond donors (Lipinski definition) is 1. The van der Waals surface area contributed by atoms with E-state index in [9.17, 15) is 9.18 Å². The summed E-state index contributed by atoms with van der Waals surface area (Å²) in [5.74, 6) is 0.102. The van der Waals surface area contributed by atoms with Crippen LogP contribution in [0, 0.1) is 11.7 Å². The molecule has 2 aromatic rings. The van der Waals surface area contributed by atoms with Gasteiger partial charge in [0.1, 0.15) is 11.4 Å². The van der Waals surface area contributed by atoms with Crippen molar-refractivity contribution < 1.29 is 13.9 Å². The SMILES string of the molecule is CC(C)(C)OC(=O)c1ccc(C=CCC2CCCCC2)cc1Nc1ccc(F)cc1. The van der Waals surface area contributed by atoms with E-state index in [1.165, 1.54) is 44.2 Å². The molecule has 0 aromatic heterocycles. The van der Waals surface area contributed by atoms with E-state index < -0.39 is 5.60 Å². The molecule has 2 aromatic carbocycles. The summed E-state index contributed by atoms with van der Waals surface area (Å²) in [6.45, 7) is 5.54. The van der Waals surface area contributed by atoms with Crippen molar-refractivity contribution in [2.45, 2.75) is 64.9 Å². The number of anilines is 2. The maximum absolute atomic E-state index is 13.3. The molecule has 4 heteroatoms. The Kier molecular flexibility index (Phi) is 7.30. The molecule has 0 aliphatic heterocycles. The van der Waals surface area contributed by atoms with Gasteiger partial charge in [0.25, 0.3) is 0 Å². The van der Waals surface area contributed by atoms with Crippen LogP contribution < -0.4 is 5.32 Å². The molecule has 0 spiro atoms. The predicted molar refractivity (Wildman–Crippen MR) is 122 cm³/mol. The zero-order valence-corrected chi connectivity index (χ0v) is 18.2. The van der Waals surface area contributed by atoms with Gasteiger partial charge in [-0.3, -0.25) is 0 Å². The molecule has 1 saturated carbocycles. The molecule has 3 nitrogen and oxygen atoms in total. The number of ether oxygens (including phenoxy) is 1. The van der Waals surface area contributed by atoms with Crippen LogP contribution in [0.1, 0.15) is 75.2 Å². The van der Waals surface area contributed by atoms with E-state index in [0.29, 0.717) is 16.9 Å². The minimum absolute atomic E-state index is 0.299. The Balaban J connectivity index is 1.81. The van der Waals surface area contributed by atoms with Gasteiger partial charge in [-0.05, 0) is 75.1 Å². The highest BCUT2D eigenvalue weighted by Crippen LogP contribution is 2.28. The number of nitrogens with one attached hydrogen (secondary N) is 1. The maximum atomic E-state index is 13.3. The van der Waals surface area contributed by atoms with Gasteiger partial charge < -0.3 is 10.1 Å². The van der Waals surface area contributed by atoms with Crippen molar-refractivity contribution in [3.8, 4) is 0 Å². The summed E-state index contributed by atoms with van der Waals surface area (Å²) >= 11 is 0. The fraction of sp³-hybridized carbons (Fsp3) is 0.423. The lowest BCUT2D eigenvalue weighted by molar-refractivity contribution is 0.00707. The lowest BCUT2D eigenvalue weighted by Gasteiger charge is -2.21. The third-order valence-electron chi connectivity index (χ3n) is 5.29. The van der Waals surface area contributed by atoms with Gasteiger partial charge in [-0.2, -0.15) is 0 Å². The maximum Gasteiger partial charge on any atom is 0.340 e. The van der Waals surface area contributed by atoms with E-state index in [1.54, 1.807) is 18.2 Å². The Labute approximate surface area is 179 Å². The molecule has 0 radical (unpaired) electrons. The summed E-state index contributed by atoms with van der Waals surface area (Å²) in [4.78, 5) is 12.7. The van der Waals surface area contributed by atoms with Crippen LogP contribution in [0.4, 0.5) is 15.8 Å². The number of allylic oxidation sites excluding steroid dienone is 1. The van der Waals surface area contributed by atoms with Gasteiger partial charge in [0.2, 0.25) is 0 Å². The molecule has 1 aliphatic carbocycles. The van der Waals surface area contributed by atoms with E-state index in [0.717, 1.165) is 17.9 Å². The van der Waals surface area contributed by atoms with Crippen molar-refractivity contribution in [1.29, 1.82) is 0 Å². The first kappa shape index (κ1) is 22.1. The normalized spacial score (nSPS) is 15.3. The molecule has 0 amide bonds. The molecule has 0 bridgehead atoms. The number of hydrogen-bond acceptors (Lipinski definition) is 3. The lowest BCUT2D eigenvalue weighted by atomic mass is 9.87. The molecular weight excluding hydrogens is 377 g/mol. The van der Waals surface area contributed by atoms with Crippen LogP contribution in [0.25, 0.3) is 6.08 Å². The second-order valence-electron chi connectivity index (χ2n) is 9.08. The van der Waals surface area contributed by atoms with Crippen LogP contribution in [0.15, 0.2) is 48.5 Å². The summed E-state index contributed by atoms with van der Waals surface area (Å²) in [6, 6.07) is 11.8. The van der Waals surface area contributed by atoms with Crippen LogP contribution in [0.2, 0.25) is 0 Å². The van der Waals surface area contributed by atoms with Crippen LogP contribution in [-0.4, -0.2) is 11.6 Å². The quantitative estimate of drug-likeness (QED) is 0.502. The second-order valence-corrected chi connectivity index (χ2v) is 9.08. The van der Waals surface area contributed by atoms with Gasteiger partial charge in [-0.1, -0.05) is 50.3 Å². The van der Waals surface area contributed by atoms with E-state index in [1.807, 2.05) is 32.9 Å². The first-order chi connectivity index (χ1) is 14.3. The Morgan fingerprint density at radius 3 is 2.47 bits per heavy atom. The molecule has 1 N–H and O–H groups in total. The number of benzene rings is 2. The minimum atomic E-state index is -0.581. The molecule has 3 rings (SSSR count). The molecular formula is C26H32FNO2.